The number of phenols is 1. The van der Waals surface area contributed by atoms with Crippen LogP contribution in [0, 0.1) is 0 Å². The molecule has 0 aromatic heterocycles. The van der Waals surface area contributed by atoms with Crippen LogP contribution in [0.1, 0.15) is 17.5 Å². The summed E-state index contributed by atoms with van der Waals surface area (Å²) in [4.78, 5) is 2.17. The highest BCUT2D eigenvalue weighted by Crippen LogP contribution is 2.37. The normalized spacial score (nSPS) is 13.9. The van der Waals surface area contributed by atoms with Gasteiger partial charge < -0.3 is 14.7 Å². The van der Waals surface area contributed by atoms with E-state index in [0.29, 0.717) is 6.61 Å². The maximum absolute atomic E-state index is 9.87. The van der Waals surface area contributed by atoms with Gasteiger partial charge in [0.15, 0.2) is 0 Å². The van der Waals surface area contributed by atoms with Gasteiger partial charge in [0.05, 0.1) is 6.61 Å². The van der Waals surface area contributed by atoms with Crippen LogP contribution in [0.25, 0.3) is 5.57 Å². The molecule has 1 aliphatic heterocycles. The van der Waals surface area contributed by atoms with Crippen LogP contribution in [0.4, 0.5) is 0 Å². The first kappa shape index (κ1) is 17.4. The Morgan fingerprint density at radius 3 is 2.61 bits per heavy atom. The van der Waals surface area contributed by atoms with Crippen LogP contribution in [0.5, 0.6) is 11.5 Å². The molecule has 0 fully saturated rings. The van der Waals surface area contributed by atoms with Crippen molar-refractivity contribution in [2.24, 2.45) is 0 Å². The van der Waals surface area contributed by atoms with Crippen LogP contribution < -0.4 is 4.74 Å². The van der Waals surface area contributed by atoms with E-state index in [1.165, 1.54) is 11.1 Å². The number of fused-ring (bicyclic) bond motifs is 1. The van der Waals surface area contributed by atoms with Gasteiger partial charge in [0, 0.05) is 18.5 Å². The molecule has 0 bridgehead atoms. The lowest BCUT2D eigenvalue weighted by atomic mass is 9.91. The van der Waals surface area contributed by atoms with Gasteiger partial charge in [-0.15, -0.1) is 12.4 Å². The molecule has 23 heavy (non-hydrogen) atoms. The second-order valence-corrected chi connectivity index (χ2v) is 5.86. The molecule has 0 unspecified atom stereocenters. The van der Waals surface area contributed by atoms with Crippen molar-refractivity contribution in [3.63, 3.8) is 0 Å². The topological polar surface area (TPSA) is 32.7 Å². The number of benzene rings is 2. The van der Waals surface area contributed by atoms with Gasteiger partial charge in [0.1, 0.15) is 11.5 Å². The lowest BCUT2D eigenvalue weighted by Crippen LogP contribution is -2.17. The molecular formula is C19H22ClNO2. The Kier molecular flexibility index (Phi) is 5.69. The second-order valence-electron chi connectivity index (χ2n) is 5.86. The fourth-order valence-electron chi connectivity index (χ4n) is 2.96. The first-order valence-electron chi connectivity index (χ1n) is 7.53. The predicted octanol–water partition coefficient (Wildman–Crippen LogP) is 3.96. The predicted molar refractivity (Wildman–Crippen MR) is 96.5 cm³/mol. The van der Waals surface area contributed by atoms with E-state index in [9.17, 15) is 5.11 Å². The van der Waals surface area contributed by atoms with Crippen LogP contribution in [0.2, 0.25) is 0 Å². The molecule has 122 valence electrons. The Morgan fingerprint density at radius 1 is 1.09 bits per heavy atom. The van der Waals surface area contributed by atoms with Gasteiger partial charge in [0.2, 0.25) is 0 Å². The van der Waals surface area contributed by atoms with E-state index < -0.39 is 0 Å². The summed E-state index contributed by atoms with van der Waals surface area (Å²) in [5.74, 6) is 1.20. The molecular weight excluding hydrogens is 310 g/mol. The number of phenolic OH excluding ortho intramolecular Hbond substituents is 1. The van der Waals surface area contributed by atoms with Gasteiger partial charge in [-0.25, -0.2) is 0 Å². The van der Waals surface area contributed by atoms with Crippen LogP contribution >= 0.6 is 12.4 Å². The molecule has 0 saturated heterocycles. The molecule has 0 aliphatic carbocycles. The summed E-state index contributed by atoms with van der Waals surface area (Å²) in [5, 5.41) is 9.87. The van der Waals surface area contributed by atoms with Crippen molar-refractivity contribution in [1.82, 2.24) is 4.90 Å². The molecule has 4 heteroatoms. The molecule has 0 atom stereocenters. The molecule has 0 amide bonds. The van der Waals surface area contributed by atoms with Gasteiger partial charge in [-0.05, 0) is 49.0 Å². The zero-order chi connectivity index (χ0) is 15.5. The molecule has 1 heterocycles. The van der Waals surface area contributed by atoms with Gasteiger partial charge in [0.25, 0.3) is 0 Å². The second kappa shape index (κ2) is 7.53. The number of halogens is 1. The van der Waals surface area contributed by atoms with Gasteiger partial charge in [-0.2, -0.15) is 0 Å². The Bertz CT molecular complexity index is 710. The van der Waals surface area contributed by atoms with Crippen molar-refractivity contribution in [3.8, 4) is 11.5 Å². The van der Waals surface area contributed by atoms with Crippen molar-refractivity contribution in [2.75, 3.05) is 27.2 Å². The zero-order valence-corrected chi connectivity index (χ0v) is 14.3. The van der Waals surface area contributed by atoms with Crippen molar-refractivity contribution in [2.45, 2.75) is 6.42 Å². The summed E-state index contributed by atoms with van der Waals surface area (Å²) in [6.07, 6.45) is 0.887. The third kappa shape index (κ3) is 3.87. The summed E-state index contributed by atoms with van der Waals surface area (Å²) in [6.45, 7) is 1.56. The largest absolute Gasteiger partial charge is 0.508 e. The highest BCUT2D eigenvalue weighted by Gasteiger charge is 2.20. The van der Waals surface area contributed by atoms with Crippen LogP contribution in [-0.2, 0) is 0 Å². The number of ether oxygens (including phenoxy) is 1. The quantitative estimate of drug-likeness (QED) is 0.924. The summed E-state index contributed by atoms with van der Waals surface area (Å²) >= 11 is 0. The minimum atomic E-state index is 0. The SMILES string of the molecule is CN(C)CC1=C(c2cccc(O)c2)c2ccccc2OCC1.Cl. The average Bonchev–Trinajstić information content (AvgIpc) is 2.65. The third-order valence-corrected chi connectivity index (χ3v) is 3.81. The first-order valence-corrected chi connectivity index (χ1v) is 7.53. The number of hydrogen-bond donors (Lipinski definition) is 1. The molecule has 1 N–H and O–H groups in total. The van der Waals surface area contributed by atoms with Crippen molar-refractivity contribution in [1.29, 1.82) is 0 Å². The van der Waals surface area contributed by atoms with Crippen LogP contribution in [0.3, 0.4) is 0 Å². The monoisotopic (exact) mass is 331 g/mol. The van der Waals surface area contributed by atoms with E-state index in [1.54, 1.807) is 6.07 Å². The Labute approximate surface area is 143 Å². The molecule has 1 aliphatic rings. The van der Waals surface area contributed by atoms with E-state index in [-0.39, 0.29) is 18.2 Å². The number of aromatic hydroxyl groups is 1. The summed E-state index contributed by atoms with van der Waals surface area (Å²) in [7, 11) is 4.15. The third-order valence-electron chi connectivity index (χ3n) is 3.81. The minimum absolute atomic E-state index is 0. The highest BCUT2D eigenvalue weighted by atomic mass is 35.5. The van der Waals surface area contributed by atoms with E-state index in [2.05, 4.69) is 25.1 Å². The molecule has 3 nitrogen and oxygen atoms in total. The summed E-state index contributed by atoms with van der Waals surface area (Å²) < 4.78 is 5.92. The van der Waals surface area contributed by atoms with Gasteiger partial charge in [-0.3, -0.25) is 0 Å². The maximum atomic E-state index is 9.87. The fraction of sp³-hybridized carbons (Fsp3) is 0.263. The van der Waals surface area contributed by atoms with Crippen LogP contribution in [-0.4, -0.2) is 37.3 Å². The van der Waals surface area contributed by atoms with E-state index in [4.69, 9.17) is 4.74 Å². The maximum Gasteiger partial charge on any atom is 0.127 e. The van der Waals surface area contributed by atoms with E-state index in [1.807, 2.05) is 36.4 Å². The number of rotatable bonds is 3. The smallest absolute Gasteiger partial charge is 0.127 e. The Hall–Kier alpha value is -1.97. The first-order chi connectivity index (χ1) is 10.6. The van der Waals surface area contributed by atoms with E-state index in [0.717, 1.165) is 29.8 Å². The van der Waals surface area contributed by atoms with Crippen molar-refractivity contribution in [3.05, 3.63) is 65.2 Å². The lowest BCUT2D eigenvalue weighted by molar-refractivity contribution is 0.318. The molecule has 3 rings (SSSR count). The van der Waals surface area contributed by atoms with E-state index >= 15 is 0 Å². The molecule has 0 spiro atoms. The number of likely N-dealkylation sites (N-methyl/N-ethyl adjacent to an activating group) is 1. The molecule has 0 saturated carbocycles. The molecule has 2 aromatic rings. The molecule has 0 radical (unpaired) electrons. The number of hydrogen-bond acceptors (Lipinski definition) is 3. The standard InChI is InChI=1S/C19H21NO2.ClH/c1-20(2)13-15-10-11-22-18-9-4-3-8-17(18)19(15)14-6-5-7-16(21)12-14;/h3-9,12,21H,10-11,13H2,1-2H3;1H. The zero-order valence-electron chi connectivity index (χ0n) is 13.5. The molecule has 2 aromatic carbocycles. The van der Waals surface area contributed by atoms with Crippen molar-refractivity contribution < 1.29 is 9.84 Å². The Balaban J connectivity index is 0.00000192. The highest BCUT2D eigenvalue weighted by molar-refractivity contribution is 5.86. The fourth-order valence-corrected chi connectivity index (χ4v) is 2.96. The summed E-state index contributed by atoms with van der Waals surface area (Å²) in [6, 6.07) is 15.6. The summed E-state index contributed by atoms with van der Waals surface area (Å²) in [5.41, 5.74) is 4.65. The Morgan fingerprint density at radius 2 is 1.87 bits per heavy atom. The van der Waals surface area contributed by atoms with Gasteiger partial charge in [-0.1, -0.05) is 30.3 Å². The van der Waals surface area contributed by atoms with Gasteiger partial charge >= 0.3 is 0 Å². The average molecular weight is 332 g/mol. The number of para-hydroxylation sites is 1. The number of nitrogens with zero attached hydrogens (tertiary/aromatic N) is 1. The minimum Gasteiger partial charge on any atom is -0.508 e. The lowest BCUT2D eigenvalue weighted by Gasteiger charge is -2.18. The van der Waals surface area contributed by atoms with Crippen LogP contribution in [0.15, 0.2) is 54.1 Å². The van der Waals surface area contributed by atoms with Crippen molar-refractivity contribution >= 4 is 18.0 Å².